The number of nitrogens with one attached hydrogen (secondary N) is 2. The second-order valence-electron chi connectivity index (χ2n) is 5.60. The Morgan fingerprint density at radius 2 is 1.95 bits per heavy atom. The number of carbonyl (C=O) groups is 1. The van der Waals surface area contributed by atoms with Crippen LogP contribution in [0.5, 0.6) is 0 Å². The molecule has 1 aromatic carbocycles. The molecule has 110 valence electrons. The highest BCUT2D eigenvalue weighted by Crippen LogP contribution is 2.25. The molecule has 0 radical (unpaired) electrons. The normalized spacial score (nSPS) is 16.9. The lowest BCUT2D eigenvalue weighted by Gasteiger charge is -2.30. The van der Waals surface area contributed by atoms with E-state index in [0.29, 0.717) is 12.5 Å². The van der Waals surface area contributed by atoms with Gasteiger partial charge in [0, 0.05) is 23.8 Å². The van der Waals surface area contributed by atoms with Gasteiger partial charge < -0.3 is 15.5 Å². The van der Waals surface area contributed by atoms with Crippen molar-refractivity contribution in [3.8, 4) is 0 Å². The largest absolute Gasteiger partial charge is 0.382 e. The van der Waals surface area contributed by atoms with E-state index in [4.69, 9.17) is 0 Å². The molecule has 0 unspecified atom stereocenters. The first-order valence-electron chi connectivity index (χ1n) is 7.44. The summed E-state index contributed by atoms with van der Waals surface area (Å²) in [5.74, 6) is 0.0598. The third-order valence-electron chi connectivity index (χ3n) is 4.01. The molecule has 0 saturated carbocycles. The fourth-order valence-corrected chi connectivity index (χ4v) is 2.54. The molecular formula is C16H25N3O. The number of carbonyl (C=O) groups excluding carboxylic acids is 1. The Balaban J connectivity index is 2.04. The monoisotopic (exact) mass is 275 g/mol. The first-order valence-corrected chi connectivity index (χ1v) is 7.44. The van der Waals surface area contributed by atoms with Crippen LogP contribution in [0.2, 0.25) is 0 Å². The molecule has 0 bridgehead atoms. The summed E-state index contributed by atoms with van der Waals surface area (Å²) in [6.07, 6.45) is 2.84. The molecule has 1 aliphatic rings. The molecule has 1 aliphatic heterocycles. The highest BCUT2D eigenvalue weighted by molar-refractivity contribution is 5.92. The Morgan fingerprint density at radius 1 is 1.30 bits per heavy atom. The highest BCUT2D eigenvalue weighted by atomic mass is 16.1. The van der Waals surface area contributed by atoms with Gasteiger partial charge in [0.05, 0.1) is 0 Å². The summed E-state index contributed by atoms with van der Waals surface area (Å²) in [5.41, 5.74) is 3.16. The number of hydrogen-bond acceptors (Lipinski definition) is 3. The summed E-state index contributed by atoms with van der Waals surface area (Å²) in [6.45, 7) is 6.21. The lowest BCUT2D eigenvalue weighted by atomic mass is 10.0. The Hall–Kier alpha value is -1.55. The molecule has 0 spiro atoms. The highest BCUT2D eigenvalue weighted by Gasteiger charge is 2.17. The SMILES string of the molecule is CCC(=O)Nc1cccc(NC2CCN(C)CC2)c1C. The zero-order valence-electron chi connectivity index (χ0n) is 12.7. The van der Waals surface area contributed by atoms with Crippen LogP contribution in [0.25, 0.3) is 0 Å². The molecule has 4 nitrogen and oxygen atoms in total. The van der Waals surface area contributed by atoms with Crippen LogP contribution >= 0.6 is 0 Å². The number of amides is 1. The molecule has 2 rings (SSSR count). The summed E-state index contributed by atoms with van der Waals surface area (Å²) in [5, 5.41) is 6.58. The number of hydrogen-bond donors (Lipinski definition) is 2. The Labute approximate surface area is 121 Å². The van der Waals surface area contributed by atoms with Gasteiger partial charge >= 0.3 is 0 Å². The van der Waals surface area contributed by atoms with Crippen molar-refractivity contribution >= 4 is 17.3 Å². The Morgan fingerprint density at radius 3 is 2.60 bits per heavy atom. The smallest absolute Gasteiger partial charge is 0.224 e. The second-order valence-corrected chi connectivity index (χ2v) is 5.60. The minimum atomic E-state index is 0.0598. The average molecular weight is 275 g/mol. The van der Waals surface area contributed by atoms with Crippen molar-refractivity contribution in [3.05, 3.63) is 23.8 Å². The van der Waals surface area contributed by atoms with E-state index >= 15 is 0 Å². The quantitative estimate of drug-likeness (QED) is 0.888. The van der Waals surface area contributed by atoms with Gasteiger partial charge in [-0.25, -0.2) is 0 Å². The van der Waals surface area contributed by atoms with Gasteiger partial charge in [-0.2, -0.15) is 0 Å². The van der Waals surface area contributed by atoms with Crippen molar-refractivity contribution in [2.45, 2.75) is 39.2 Å². The molecule has 2 N–H and O–H groups in total. The number of likely N-dealkylation sites (tertiary alicyclic amines) is 1. The van der Waals surface area contributed by atoms with Gasteiger partial charge in [-0.15, -0.1) is 0 Å². The lowest BCUT2D eigenvalue weighted by Crippen LogP contribution is -2.36. The third-order valence-corrected chi connectivity index (χ3v) is 4.01. The Kier molecular flexibility index (Phi) is 5.01. The first kappa shape index (κ1) is 14.9. The second kappa shape index (κ2) is 6.75. The van der Waals surface area contributed by atoms with E-state index < -0.39 is 0 Å². The number of rotatable bonds is 4. The van der Waals surface area contributed by atoms with E-state index in [-0.39, 0.29) is 5.91 Å². The summed E-state index contributed by atoms with van der Waals surface area (Å²) >= 11 is 0. The molecule has 1 amide bonds. The standard InChI is InChI=1S/C16H25N3O/c1-4-16(20)18-15-7-5-6-14(12(15)2)17-13-8-10-19(3)11-9-13/h5-7,13,17H,4,8-11H2,1-3H3,(H,18,20). The first-order chi connectivity index (χ1) is 9.60. The lowest BCUT2D eigenvalue weighted by molar-refractivity contribution is -0.115. The van der Waals surface area contributed by atoms with Gasteiger partial charge in [-0.3, -0.25) is 4.79 Å². The molecule has 1 aromatic rings. The predicted octanol–water partition coefficient (Wildman–Crippen LogP) is 2.85. The number of piperidine rings is 1. The number of nitrogens with zero attached hydrogens (tertiary/aromatic N) is 1. The molecule has 1 fully saturated rings. The zero-order chi connectivity index (χ0) is 14.5. The van der Waals surface area contributed by atoms with Gasteiger partial charge in [-0.1, -0.05) is 13.0 Å². The average Bonchev–Trinajstić information content (AvgIpc) is 2.45. The van der Waals surface area contributed by atoms with Crippen LogP contribution in [-0.4, -0.2) is 37.0 Å². The maximum absolute atomic E-state index is 11.5. The van der Waals surface area contributed by atoms with Crippen LogP contribution in [-0.2, 0) is 4.79 Å². The molecule has 1 saturated heterocycles. The van der Waals surface area contributed by atoms with Crippen LogP contribution in [0.3, 0.4) is 0 Å². The van der Waals surface area contributed by atoms with Gasteiger partial charge in [0.25, 0.3) is 0 Å². The fraction of sp³-hybridized carbons (Fsp3) is 0.562. The third kappa shape index (κ3) is 3.73. The molecule has 0 atom stereocenters. The molecule has 1 heterocycles. The number of anilines is 2. The van der Waals surface area contributed by atoms with E-state index in [1.54, 1.807) is 0 Å². The fourth-order valence-electron chi connectivity index (χ4n) is 2.54. The van der Waals surface area contributed by atoms with Crippen LogP contribution in [0.15, 0.2) is 18.2 Å². The van der Waals surface area contributed by atoms with Gasteiger partial charge in [-0.05, 0) is 57.6 Å². The van der Waals surface area contributed by atoms with E-state index in [0.717, 1.165) is 30.0 Å². The van der Waals surface area contributed by atoms with Gasteiger partial charge in [0.1, 0.15) is 0 Å². The van der Waals surface area contributed by atoms with Gasteiger partial charge in [0.15, 0.2) is 0 Å². The van der Waals surface area contributed by atoms with Crippen molar-refractivity contribution in [2.75, 3.05) is 30.8 Å². The van der Waals surface area contributed by atoms with Crippen LogP contribution < -0.4 is 10.6 Å². The zero-order valence-corrected chi connectivity index (χ0v) is 12.7. The van der Waals surface area contributed by atoms with Crippen molar-refractivity contribution in [2.24, 2.45) is 0 Å². The van der Waals surface area contributed by atoms with Crippen molar-refractivity contribution in [1.82, 2.24) is 4.90 Å². The van der Waals surface area contributed by atoms with E-state index in [9.17, 15) is 4.79 Å². The van der Waals surface area contributed by atoms with E-state index in [1.165, 1.54) is 12.8 Å². The summed E-state index contributed by atoms with van der Waals surface area (Å²) in [7, 11) is 2.17. The van der Waals surface area contributed by atoms with E-state index in [2.05, 4.69) is 35.6 Å². The molecule has 0 aliphatic carbocycles. The summed E-state index contributed by atoms with van der Waals surface area (Å²) < 4.78 is 0. The molecule has 4 heteroatoms. The molecular weight excluding hydrogens is 250 g/mol. The minimum Gasteiger partial charge on any atom is -0.382 e. The van der Waals surface area contributed by atoms with Gasteiger partial charge in [0.2, 0.25) is 5.91 Å². The van der Waals surface area contributed by atoms with Crippen molar-refractivity contribution < 1.29 is 4.79 Å². The maximum atomic E-state index is 11.5. The van der Waals surface area contributed by atoms with Crippen LogP contribution in [0.4, 0.5) is 11.4 Å². The Bertz CT molecular complexity index is 465. The topological polar surface area (TPSA) is 44.4 Å². The van der Waals surface area contributed by atoms with Crippen LogP contribution in [0, 0.1) is 6.92 Å². The minimum absolute atomic E-state index is 0.0598. The summed E-state index contributed by atoms with van der Waals surface area (Å²) in [4.78, 5) is 13.9. The summed E-state index contributed by atoms with van der Waals surface area (Å²) in [6, 6.07) is 6.58. The predicted molar refractivity (Wildman–Crippen MR) is 84.2 cm³/mol. The molecule has 0 aromatic heterocycles. The number of benzene rings is 1. The maximum Gasteiger partial charge on any atom is 0.224 e. The van der Waals surface area contributed by atoms with Crippen LogP contribution in [0.1, 0.15) is 31.7 Å². The molecule has 20 heavy (non-hydrogen) atoms. The van der Waals surface area contributed by atoms with E-state index in [1.807, 2.05) is 19.1 Å². The van der Waals surface area contributed by atoms with Crippen molar-refractivity contribution in [1.29, 1.82) is 0 Å². The van der Waals surface area contributed by atoms with Crippen molar-refractivity contribution in [3.63, 3.8) is 0 Å².